The summed E-state index contributed by atoms with van der Waals surface area (Å²) < 4.78 is 19.5. The number of pyridine rings is 1. The number of benzene rings is 1. The van der Waals surface area contributed by atoms with Crippen LogP contribution in [0.25, 0.3) is 33.3 Å². The van der Waals surface area contributed by atoms with Crippen molar-refractivity contribution in [2.24, 2.45) is 0 Å². The summed E-state index contributed by atoms with van der Waals surface area (Å²) in [6, 6.07) is 7.47. The van der Waals surface area contributed by atoms with Gasteiger partial charge in [-0.2, -0.15) is 11.3 Å². The Labute approximate surface area is 144 Å². The number of nitrogens with one attached hydrogen (secondary N) is 1. The van der Waals surface area contributed by atoms with Crippen LogP contribution in [0.3, 0.4) is 0 Å². The first-order valence-electron chi connectivity index (χ1n) is 7.30. The van der Waals surface area contributed by atoms with Gasteiger partial charge in [0.05, 0.1) is 7.11 Å². The topological polar surface area (TPSA) is 37.9 Å². The maximum absolute atomic E-state index is 14.2. The Kier molecular flexibility index (Phi) is 3.83. The molecular formula is C18H14FN2OPS. The lowest BCUT2D eigenvalue weighted by Gasteiger charge is -2.10. The van der Waals surface area contributed by atoms with Crippen LogP contribution in [0.2, 0.25) is 0 Å². The van der Waals surface area contributed by atoms with Gasteiger partial charge in [-0.1, -0.05) is 0 Å². The van der Waals surface area contributed by atoms with Crippen LogP contribution in [0.4, 0.5) is 4.39 Å². The third-order valence-electron chi connectivity index (χ3n) is 3.95. The van der Waals surface area contributed by atoms with E-state index in [2.05, 4.69) is 36.7 Å². The lowest BCUT2D eigenvalue weighted by Crippen LogP contribution is -1.99. The van der Waals surface area contributed by atoms with Gasteiger partial charge in [-0.15, -0.1) is 9.24 Å². The first-order chi connectivity index (χ1) is 11.7. The van der Waals surface area contributed by atoms with Crippen molar-refractivity contribution in [3.8, 4) is 28.0 Å². The largest absolute Gasteiger partial charge is 0.493 e. The minimum absolute atomic E-state index is 0.239. The van der Waals surface area contributed by atoms with Crippen molar-refractivity contribution in [1.29, 1.82) is 0 Å². The lowest BCUT2D eigenvalue weighted by molar-refractivity contribution is 0.388. The predicted molar refractivity (Wildman–Crippen MR) is 101 cm³/mol. The van der Waals surface area contributed by atoms with Crippen LogP contribution in [0.15, 0.2) is 47.4 Å². The third-order valence-corrected chi connectivity index (χ3v) is 4.96. The number of nitrogens with zero attached hydrogens (tertiary/aromatic N) is 1. The lowest BCUT2D eigenvalue weighted by atomic mass is 10.0. The van der Waals surface area contributed by atoms with Crippen molar-refractivity contribution in [2.75, 3.05) is 7.11 Å². The number of fused-ring (bicyclic) bond motifs is 1. The number of aromatic amines is 1. The molecule has 0 spiro atoms. The zero-order valence-corrected chi connectivity index (χ0v) is 14.8. The standard InChI is InChI=1S/C18H14FN2OPS/c1-22-17-13(5-12(23)6-16(17)19)15-8-21-18-14(15)4-11(7-20-18)10-2-3-24-9-10/h2-9H,23H2,1H3,(H,20,21). The number of methoxy groups -OCH3 is 1. The molecule has 0 aliphatic rings. The van der Waals surface area contributed by atoms with Crippen LogP contribution in [0.1, 0.15) is 0 Å². The van der Waals surface area contributed by atoms with E-state index in [1.54, 1.807) is 11.3 Å². The van der Waals surface area contributed by atoms with Crippen LogP contribution in [-0.2, 0) is 0 Å². The van der Waals surface area contributed by atoms with E-state index in [4.69, 9.17) is 4.74 Å². The normalized spacial score (nSPS) is 11.1. The Hall–Kier alpha value is -2.23. The highest BCUT2D eigenvalue weighted by Crippen LogP contribution is 2.37. The van der Waals surface area contributed by atoms with Crippen LogP contribution in [0, 0.1) is 5.82 Å². The molecule has 0 amide bonds. The van der Waals surface area contributed by atoms with Crippen molar-refractivity contribution in [2.45, 2.75) is 0 Å². The number of rotatable bonds is 3. The number of ether oxygens (including phenoxy) is 1. The molecule has 0 saturated carbocycles. The Morgan fingerprint density at radius 2 is 2.08 bits per heavy atom. The fourth-order valence-electron chi connectivity index (χ4n) is 2.83. The Bertz CT molecular complexity index is 1030. The SMILES string of the molecule is COc1c(F)cc(P)cc1-c1c[nH]c2ncc(-c3ccsc3)cc12. The van der Waals surface area contributed by atoms with Crippen molar-refractivity contribution in [1.82, 2.24) is 9.97 Å². The summed E-state index contributed by atoms with van der Waals surface area (Å²) in [5.74, 6) is -0.140. The van der Waals surface area contributed by atoms with E-state index in [1.807, 2.05) is 23.8 Å². The second-order valence-electron chi connectivity index (χ2n) is 5.42. The summed E-state index contributed by atoms with van der Waals surface area (Å²) in [5, 5.41) is 5.82. The van der Waals surface area contributed by atoms with Gasteiger partial charge in [-0.3, -0.25) is 0 Å². The number of halogens is 1. The van der Waals surface area contributed by atoms with Crippen molar-refractivity contribution in [3.05, 3.63) is 53.2 Å². The predicted octanol–water partition coefficient (Wildman–Crippen LogP) is 4.61. The van der Waals surface area contributed by atoms with Crippen LogP contribution >= 0.6 is 20.6 Å². The van der Waals surface area contributed by atoms with Gasteiger partial charge in [0.2, 0.25) is 0 Å². The summed E-state index contributed by atoms with van der Waals surface area (Å²) in [5.41, 5.74) is 4.50. The second kappa shape index (κ2) is 6.00. The molecule has 3 aromatic heterocycles. The van der Waals surface area contributed by atoms with Crippen LogP contribution in [-0.4, -0.2) is 17.1 Å². The maximum Gasteiger partial charge on any atom is 0.166 e. The molecule has 1 atom stereocenters. The molecule has 1 aromatic carbocycles. The number of thiophene rings is 1. The van der Waals surface area contributed by atoms with Crippen LogP contribution < -0.4 is 10.0 Å². The minimum Gasteiger partial charge on any atom is -0.493 e. The maximum atomic E-state index is 14.2. The molecular weight excluding hydrogens is 342 g/mol. The molecule has 0 bridgehead atoms. The van der Waals surface area contributed by atoms with Crippen molar-refractivity contribution in [3.63, 3.8) is 0 Å². The summed E-state index contributed by atoms with van der Waals surface area (Å²) >= 11 is 1.64. The number of aromatic nitrogens is 2. The van der Waals surface area contributed by atoms with E-state index in [0.29, 0.717) is 5.56 Å². The molecule has 3 nitrogen and oxygen atoms in total. The molecule has 0 aliphatic carbocycles. The second-order valence-corrected chi connectivity index (χ2v) is 6.86. The average Bonchev–Trinajstić information content (AvgIpc) is 3.23. The van der Waals surface area contributed by atoms with Crippen molar-refractivity contribution < 1.29 is 9.13 Å². The molecule has 1 unspecified atom stereocenters. The smallest absolute Gasteiger partial charge is 0.166 e. The fraction of sp³-hybridized carbons (Fsp3) is 0.0556. The molecule has 24 heavy (non-hydrogen) atoms. The van der Waals surface area contributed by atoms with E-state index in [0.717, 1.165) is 33.0 Å². The fourth-order valence-corrected chi connectivity index (χ4v) is 3.81. The van der Waals surface area contributed by atoms with Gasteiger partial charge in [-0.25, -0.2) is 9.37 Å². The van der Waals surface area contributed by atoms with E-state index >= 15 is 0 Å². The molecule has 0 fully saturated rings. The van der Waals surface area contributed by atoms with Gasteiger partial charge in [-0.05, 0) is 45.9 Å². The molecule has 6 heteroatoms. The highest BCUT2D eigenvalue weighted by molar-refractivity contribution is 7.27. The average molecular weight is 356 g/mol. The number of H-pyrrole nitrogens is 1. The summed E-state index contributed by atoms with van der Waals surface area (Å²) in [4.78, 5) is 7.65. The Balaban J connectivity index is 1.96. The van der Waals surface area contributed by atoms with E-state index in [9.17, 15) is 4.39 Å². The van der Waals surface area contributed by atoms with Crippen LogP contribution in [0.5, 0.6) is 5.75 Å². The van der Waals surface area contributed by atoms with E-state index in [-0.39, 0.29) is 11.6 Å². The molecule has 0 radical (unpaired) electrons. The zero-order chi connectivity index (χ0) is 16.7. The molecule has 0 aliphatic heterocycles. The molecule has 3 heterocycles. The quantitative estimate of drug-likeness (QED) is 0.545. The first-order valence-corrected chi connectivity index (χ1v) is 8.82. The van der Waals surface area contributed by atoms with Gasteiger partial charge in [0, 0.05) is 34.5 Å². The summed E-state index contributed by atoms with van der Waals surface area (Å²) in [6.45, 7) is 0. The molecule has 4 aromatic rings. The van der Waals surface area contributed by atoms with Gasteiger partial charge in [0.25, 0.3) is 0 Å². The number of hydrogen-bond acceptors (Lipinski definition) is 3. The Morgan fingerprint density at radius 1 is 1.21 bits per heavy atom. The molecule has 120 valence electrons. The molecule has 0 saturated heterocycles. The summed E-state index contributed by atoms with van der Waals surface area (Å²) in [6.07, 6.45) is 3.69. The highest BCUT2D eigenvalue weighted by atomic mass is 32.1. The Morgan fingerprint density at radius 3 is 2.83 bits per heavy atom. The van der Waals surface area contributed by atoms with E-state index < -0.39 is 0 Å². The monoisotopic (exact) mass is 356 g/mol. The van der Waals surface area contributed by atoms with E-state index in [1.165, 1.54) is 13.2 Å². The van der Waals surface area contributed by atoms with Gasteiger partial charge in [0.1, 0.15) is 5.65 Å². The molecule has 1 N–H and O–H groups in total. The zero-order valence-electron chi connectivity index (χ0n) is 12.8. The molecule has 4 rings (SSSR count). The minimum atomic E-state index is -0.378. The number of hydrogen-bond donors (Lipinski definition) is 1. The third kappa shape index (κ3) is 2.50. The summed E-state index contributed by atoms with van der Waals surface area (Å²) in [7, 11) is 4.01. The van der Waals surface area contributed by atoms with Gasteiger partial charge in [0.15, 0.2) is 11.6 Å². The van der Waals surface area contributed by atoms with Gasteiger partial charge < -0.3 is 9.72 Å². The van der Waals surface area contributed by atoms with Gasteiger partial charge >= 0.3 is 0 Å². The first kappa shape index (κ1) is 15.3. The highest BCUT2D eigenvalue weighted by Gasteiger charge is 2.16. The van der Waals surface area contributed by atoms with Crippen molar-refractivity contribution >= 4 is 36.9 Å².